The summed E-state index contributed by atoms with van der Waals surface area (Å²) in [5.41, 5.74) is 1.05. The van der Waals surface area contributed by atoms with E-state index in [0.717, 1.165) is 17.7 Å². The Morgan fingerprint density at radius 3 is 2.56 bits per heavy atom. The van der Waals surface area contributed by atoms with Crippen molar-refractivity contribution in [1.82, 2.24) is 15.3 Å². The molecule has 7 heteroatoms. The van der Waals surface area contributed by atoms with Crippen molar-refractivity contribution in [1.29, 1.82) is 0 Å². The first-order valence-electron chi connectivity index (χ1n) is 7.47. The van der Waals surface area contributed by atoms with Crippen LogP contribution in [0.3, 0.4) is 0 Å². The van der Waals surface area contributed by atoms with Crippen LogP contribution >= 0.6 is 0 Å². The van der Waals surface area contributed by atoms with Crippen LogP contribution in [0.25, 0.3) is 0 Å². The zero-order valence-electron chi connectivity index (χ0n) is 13.0. The lowest BCUT2D eigenvalue weighted by Crippen LogP contribution is -2.23. The number of benzene rings is 1. The molecule has 0 aliphatic heterocycles. The summed E-state index contributed by atoms with van der Waals surface area (Å²) in [6, 6.07) is 10.1. The molecule has 0 saturated carbocycles. The van der Waals surface area contributed by atoms with Gasteiger partial charge in [-0.15, -0.1) is 0 Å². The Morgan fingerprint density at radius 2 is 1.84 bits per heavy atom. The lowest BCUT2D eigenvalue weighted by atomic mass is 10.2. The molecular formula is C18H14F2N4O. The molecule has 0 saturated heterocycles. The molecule has 1 aromatic carbocycles. The van der Waals surface area contributed by atoms with Gasteiger partial charge in [0.1, 0.15) is 23.0 Å². The van der Waals surface area contributed by atoms with Crippen LogP contribution in [0.4, 0.5) is 20.2 Å². The molecule has 0 spiro atoms. The highest BCUT2D eigenvalue weighted by Crippen LogP contribution is 2.23. The molecule has 2 heterocycles. The average Bonchev–Trinajstić information content (AvgIpc) is 2.64. The van der Waals surface area contributed by atoms with Gasteiger partial charge in [0, 0.05) is 30.8 Å². The van der Waals surface area contributed by atoms with E-state index in [9.17, 15) is 13.6 Å². The molecule has 0 aliphatic carbocycles. The molecule has 0 bridgehead atoms. The first-order valence-corrected chi connectivity index (χ1v) is 7.47. The van der Waals surface area contributed by atoms with E-state index in [1.807, 2.05) is 6.07 Å². The zero-order valence-corrected chi connectivity index (χ0v) is 13.0. The fraction of sp³-hybridized carbons (Fsp3) is 0.0556. The average molecular weight is 340 g/mol. The minimum Gasteiger partial charge on any atom is -0.351 e. The Kier molecular flexibility index (Phi) is 4.94. The number of para-hydroxylation sites is 1. The number of aromatic nitrogens is 2. The minimum absolute atomic E-state index is 0.130. The van der Waals surface area contributed by atoms with E-state index < -0.39 is 17.5 Å². The summed E-state index contributed by atoms with van der Waals surface area (Å²) >= 11 is 0. The third kappa shape index (κ3) is 4.14. The summed E-state index contributed by atoms with van der Waals surface area (Å²) in [5, 5.41) is 5.34. The second-order valence-electron chi connectivity index (χ2n) is 5.20. The fourth-order valence-corrected chi connectivity index (χ4v) is 2.17. The van der Waals surface area contributed by atoms with Gasteiger partial charge in [0.15, 0.2) is 0 Å². The Morgan fingerprint density at radius 1 is 1.04 bits per heavy atom. The van der Waals surface area contributed by atoms with Crippen molar-refractivity contribution in [2.24, 2.45) is 0 Å². The first-order chi connectivity index (χ1) is 12.1. The maximum absolute atomic E-state index is 13.7. The van der Waals surface area contributed by atoms with Crippen molar-refractivity contribution < 1.29 is 13.6 Å². The third-order valence-electron chi connectivity index (χ3n) is 3.40. The topological polar surface area (TPSA) is 66.9 Å². The van der Waals surface area contributed by atoms with Gasteiger partial charge in [-0.2, -0.15) is 0 Å². The summed E-state index contributed by atoms with van der Waals surface area (Å²) in [7, 11) is 0. The van der Waals surface area contributed by atoms with Crippen molar-refractivity contribution in [3.05, 3.63) is 83.9 Å². The molecule has 25 heavy (non-hydrogen) atoms. The van der Waals surface area contributed by atoms with E-state index in [2.05, 4.69) is 20.6 Å². The van der Waals surface area contributed by atoms with Crippen LogP contribution < -0.4 is 10.6 Å². The van der Waals surface area contributed by atoms with Gasteiger partial charge < -0.3 is 10.6 Å². The predicted octanol–water partition coefficient (Wildman–Crippen LogP) is 3.43. The van der Waals surface area contributed by atoms with E-state index in [0.29, 0.717) is 12.2 Å². The third-order valence-corrected chi connectivity index (χ3v) is 3.40. The van der Waals surface area contributed by atoms with Gasteiger partial charge in [0.05, 0.1) is 0 Å². The minimum atomic E-state index is -0.723. The molecule has 0 fully saturated rings. The zero-order chi connectivity index (χ0) is 17.6. The highest BCUT2D eigenvalue weighted by molar-refractivity contribution is 5.93. The van der Waals surface area contributed by atoms with Gasteiger partial charge in [-0.25, -0.2) is 8.78 Å². The van der Waals surface area contributed by atoms with Crippen LogP contribution in [-0.4, -0.2) is 15.9 Å². The van der Waals surface area contributed by atoms with Gasteiger partial charge in [-0.1, -0.05) is 12.1 Å². The van der Waals surface area contributed by atoms with Crippen molar-refractivity contribution in [3.8, 4) is 0 Å². The molecular weight excluding hydrogens is 326 g/mol. The number of carbonyl (C=O) groups excluding carboxylic acids is 1. The van der Waals surface area contributed by atoms with Crippen LogP contribution in [0.2, 0.25) is 0 Å². The molecule has 2 aromatic heterocycles. The van der Waals surface area contributed by atoms with Gasteiger partial charge in [0.2, 0.25) is 0 Å². The molecule has 0 radical (unpaired) electrons. The SMILES string of the molecule is O=C(NCc1cccnc1)c1cc(Nc2c(F)cccc2F)ccn1. The van der Waals surface area contributed by atoms with Crippen LogP contribution in [0.1, 0.15) is 16.1 Å². The number of hydrogen-bond donors (Lipinski definition) is 2. The fourth-order valence-electron chi connectivity index (χ4n) is 2.17. The number of halogens is 2. The first kappa shape index (κ1) is 16.5. The maximum Gasteiger partial charge on any atom is 0.270 e. The normalized spacial score (nSPS) is 10.3. The van der Waals surface area contributed by atoms with Gasteiger partial charge in [0.25, 0.3) is 5.91 Å². The second-order valence-corrected chi connectivity index (χ2v) is 5.20. The number of rotatable bonds is 5. The summed E-state index contributed by atoms with van der Waals surface area (Å²) in [5.74, 6) is -1.85. The summed E-state index contributed by atoms with van der Waals surface area (Å²) < 4.78 is 27.4. The molecule has 0 aliphatic rings. The Balaban J connectivity index is 1.72. The summed E-state index contributed by atoms with van der Waals surface area (Å²) in [6.07, 6.45) is 4.68. The largest absolute Gasteiger partial charge is 0.351 e. The molecule has 0 unspecified atom stereocenters. The van der Waals surface area contributed by atoms with Crippen LogP contribution in [0.15, 0.2) is 61.1 Å². The highest BCUT2D eigenvalue weighted by Gasteiger charge is 2.11. The maximum atomic E-state index is 13.7. The van der Waals surface area contributed by atoms with Gasteiger partial charge in [-0.3, -0.25) is 14.8 Å². The predicted molar refractivity (Wildman–Crippen MR) is 89.3 cm³/mol. The van der Waals surface area contributed by atoms with E-state index in [1.165, 1.54) is 24.4 Å². The quantitative estimate of drug-likeness (QED) is 0.747. The van der Waals surface area contributed by atoms with E-state index in [1.54, 1.807) is 18.5 Å². The number of pyridine rings is 2. The second kappa shape index (κ2) is 7.48. The highest BCUT2D eigenvalue weighted by atomic mass is 19.1. The van der Waals surface area contributed by atoms with Crippen molar-refractivity contribution in [2.45, 2.75) is 6.54 Å². The van der Waals surface area contributed by atoms with Crippen LogP contribution in [0, 0.1) is 11.6 Å². The molecule has 126 valence electrons. The lowest BCUT2D eigenvalue weighted by molar-refractivity contribution is 0.0946. The van der Waals surface area contributed by atoms with Crippen molar-refractivity contribution >= 4 is 17.3 Å². The van der Waals surface area contributed by atoms with Gasteiger partial charge >= 0.3 is 0 Å². The number of carbonyl (C=O) groups is 1. The molecule has 3 aromatic rings. The lowest BCUT2D eigenvalue weighted by Gasteiger charge is -2.10. The van der Waals surface area contributed by atoms with Crippen LogP contribution in [-0.2, 0) is 6.54 Å². The number of nitrogens with zero attached hydrogens (tertiary/aromatic N) is 2. The molecule has 2 N–H and O–H groups in total. The Bertz CT molecular complexity index is 867. The summed E-state index contributed by atoms with van der Waals surface area (Å²) in [6.45, 7) is 0.300. The smallest absolute Gasteiger partial charge is 0.270 e. The number of hydrogen-bond acceptors (Lipinski definition) is 4. The Hall–Kier alpha value is -3.35. The molecule has 1 amide bonds. The van der Waals surface area contributed by atoms with E-state index >= 15 is 0 Å². The molecule has 0 atom stereocenters. The monoisotopic (exact) mass is 340 g/mol. The van der Waals surface area contributed by atoms with E-state index in [4.69, 9.17) is 0 Å². The van der Waals surface area contributed by atoms with E-state index in [-0.39, 0.29) is 11.4 Å². The van der Waals surface area contributed by atoms with Crippen molar-refractivity contribution in [2.75, 3.05) is 5.32 Å². The number of nitrogens with one attached hydrogen (secondary N) is 2. The summed E-state index contributed by atoms with van der Waals surface area (Å²) in [4.78, 5) is 20.1. The number of anilines is 2. The Labute approximate surface area is 142 Å². The standard InChI is InChI=1S/C18H14F2N4O/c19-14-4-1-5-15(20)17(14)24-13-6-8-22-16(9-13)18(25)23-11-12-3-2-7-21-10-12/h1-10H,11H2,(H,22,24)(H,23,25). The van der Waals surface area contributed by atoms with Gasteiger partial charge in [-0.05, 0) is 35.9 Å². The van der Waals surface area contributed by atoms with Crippen LogP contribution in [0.5, 0.6) is 0 Å². The number of amides is 1. The molecule has 3 rings (SSSR count). The molecule has 5 nitrogen and oxygen atoms in total. The van der Waals surface area contributed by atoms with Crippen molar-refractivity contribution in [3.63, 3.8) is 0 Å².